The average Bonchev–Trinajstić information content (AvgIpc) is 2.49. The molecule has 18 heavy (non-hydrogen) atoms. The van der Waals surface area contributed by atoms with E-state index in [2.05, 4.69) is 20.9 Å². The maximum atomic E-state index is 7.17. The highest BCUT2D eigenvalue weighted by atomic mass is 79.9. The van der Waals surface area contributed by atoms with E-state index in [-0.39, 0.29) is 5.75 Å². The molecule has 0 saturated carbocycles. The monoisotopic (exact) mass is 316 g/mol. The second-order valence-electron chi connectivity index (χ2n) is 5.25. The zero-order chi connectivity index (χ0) is 16.1. The van der Waals surface area contributed by atoms with Gasteiger partial charge in [-0.1, -0.05) is 0 Å². The molecule has 0 atom stereocenters. The molecule has 0 unspecified atom stereocenters. The molecule has 98 valence electrons. The summed E-state index contributed by atoms with van der Waals surface area (Å²) in [6, 6.07) is 1.56. The summed E-state index contributed by atoms with van der Waals surface area (Å²) in [6.07, 6.45) is 1.57. The van der Waals surface area contributed by atoms with Gasteiger partial charge in [0, 0.05) is 11.7 Å². The third kappa shape index (κ3) is 2.29. The maximum Gasteiger partial charge on any atom is 0.496 e. The number of rotatable bonds is 2. The van der Waals surface area contributed by atoms with Crippen molar-refractivity contribution in [3.05, 3.63) is 16.9 Å². The van der Waals surface area contributed by atoms with Crippen molar-refractivity contribution >= 4 is 28.5 Å². The molecule has 0 N–H and O–H groups in total. The third-order valence-corrected chi connectivity index (χ3v) is 4.06. The van der Waals surface area contributed by atoms with Crippen molar-refractivity contribution in [1.82, 2.24) is 4.98 Å². The van der Waals surface area contributed by atoms with E-state index in [1.807, 2.05) is 27.7 Å². The summed E-state index contributed by atoms with van der Waals surface area (Å²) in [4.78, 5) is 4.09. The number of hydrogen-bond acceptors (Lipinski definition) is 4. The van der Waals surface area contributed by atoms with Crippen LogP contribution in [0.1, 0.15) is 31.8 Å². The standard InChI is InChI=1S/C12H17BBrNO3/c1-11(2)12(3,4)18-13(17-11)8-6-9(16-5)10(14)15-7-8/h6-7H,1-5H3/i5D3. The normalized spacial score (nSPS) is 24.3. The number of ether oxygens (including phenoxy) is 1. The molecule has 2 heterocycles. The van der Waals surface area contributed by atoms with Gasteiger partial charge in [0.1, 0.15) is 4.60 Å². The number of nitrogens with zero attached hydrogens (tertiary/aromatic N) is 1. The molecular weight excluding hydrogens is 297 g/mol. The quantitative estimate of drug-likeness (QED) is 0.619. The van der Waals surface area contributed by atoms with E-state index in [0.717, 1.165) is 0 Å². The van der Waals surface area contributed by atoms with Gasteiger partial charge in [-0.3, -0.25) is 0 Å². The highest BCUT2D eigenvalue weighted by molar-refractivity contribution is 9.10. The Balaban J connectivity index is 2.29. The van der Waals surface area contributed by atoms with E-state index in [0.29, 0.717) is 10.1 Å². The minimum absolute atomic E-state index is 0.127. The van der Waals surface area contributed by atoms with E-state index in [9.17, 15) is 0 Å². The van der Waals surface area contributed by atoms with Crippen LogP contribution in [0.5, 0.6) is 5.75 Å². The smallest absolute Gasteiger partial charge is 0.494 e. The molecule has 0 spiro atoms. The van der Waals surface area contributed by atoms with E-state index < -0.39 is 25.4 Å². The zero-order valence-corrected chi connectivity index (χ0v) is 12.4. The number of pyridine rings is 1. The van der Waals surface area contributed by atoms with Crippen LogP contribution in [-0.2, 0) is 9.31 Å². The Morgan fingerprint density at radius 3 is 2.50 bits per heavy atom. The van der Waals surface area contributed by atoms with Crippen molar-refractivity contribution in [2.75, 3.05) is 7.04 Å². The van der Waals surface area contributed by atoms with Gasteiger partial charge in [0.25, 0.3) is 0 Å². The minimum atomic E-state index is -2.54. The van der Waals surface area contributed by atoms with Crippen molar-refractivity contribution < 1.29 is 18.2 Å². The van der Waals surface area contributed by atoms with Crippen LogP contribution in [0.15, 0.2) is 16.9 Å². The second-order valence-corrected chi connectivity index (χ2v) is 6.00. The average molecular weight is 317 g/mol. The van der Waals surface area contributed by atoms with E-state index in [4.69, 9.17) is 18.2 Å². The van der Waals surface area contributed by atoms with Gasteiger partial charge in [-0.05, 0) is 49.7 Å². The fourth-order valence-electron chi connectivity index (χ4n) is 1.62. The van der Waals surface area contributed by atoms with Gasteiger partial charge in [0.05, 0.1) is 22.4 Å². The highest BCUT2D eigenvalue weighted by Crippen LogP contribution is 2.36. The first-order chi connectivity index (χ1) is 9.41. The molecule has 1 fully saturated rings. The van der Waals surface area contributed by atoms with Crippen LogP contribution in [-0.4, -0.2) is 30.3 Å². The van der Waals surface area contributed by atoms with Crippen LogP contribution in [0.3, 0.4) is 0 Å². The second kappa shape index (κ2) is 4.51. The molecule has 1 aromatic heterocycles. The summed E-state index contributed by atoms with van der Waals surface area (Å²) in [5.74, 6) is 0.127. The molecule has 4 nitrogen and oxygen atoms in total. The lowest BCUT2D eigenvalue weighted by molar-refractivity contribution is 0.00578. The van der Waals surface area contributed by atoms with Crippen LogP contribution >= 0.6 is 15.9 Å². The van der Waals surface area contributed by atoms with Crippen molar-refractivity contribution in [2.24, 2.45) is 0 Å². The molecule has 1 aromatic rings. The van der Waals surface area contributed by atoms with Crippen LogP contribution in [0.2, 0.25) is 0 Å². The van der Waals surface area contributed by atoms with E-state index in [1.165, 1.54) is 0 Å². The summed E-state index contributed by atoms with van der Waals surface area (Å²) < 4.78 is 38.6. The molecule has 0 amide bonds. The van der Waals surface area contributed by atoms with Gasteiger partial charge < -0.3 is 14.0 Å². The minimum Gasteiger partial charge on any atom is -0.494 e. The Morgan fingerprint density at radius 1 is 1.33 bits per heavy atom. The molecule has 6 heteroatoms. The highest BCUT2D eigenvalue weighted by Gasteiger charge is 2.51. The first-order valence-electron chi connectivity index (χ1n) is 7.11. The van der Waals surface area contributed by atoms with Crippen molar-refractivity contribution in [1.29, 1.82) is 0 Å². The van der Waals surface area contributed by atoms with Gasteiger partial charge in [0.2, 0.25) is 0 Å². The fourth-order valence-corrected chi connectivity index (χ4v) is 1.92. The summed E-state index contributed by atoms with van der Waals surface area (Å²) >= 11 is 3.17. The lowest BCUT2D eigenvalue weighted by Crippen LogP contribution is -2.41. The Morgan fingerprint density at radius 2 is 1.94 bits per heavy atom. The Kier molecular flexibility index (Phi) is 2.56. The molecule has 1 aliphatic rings. The Labute approximate surface area is 121 Å². The largest absolute Gasteiger partial charge is 0.496 e. The fraction of sp³-hybridized carbons (Fsp3) is 0.583. The lowest BCUT2D eigenvalue weighted by atomic mass is 9.80. The van der Waals surface area contributed by atoms with Crippen LogP contribution in [0.4, 0.5) is 0 Å². The van der Waals surface area contributed by atoms with Crippen LogP contribution in [0, 0.1) is 0 Å². The molecule has 0 aliphatic carbocycles. The molecule has 0 radical (unpaired) electrons. The Hall–Kier alpha value is -0.585. The topological polar surface area (TPSA) is 40.6 Å². The van der Waals surface area contributed by atoms with Gasteiger partial charge in [-0.25, -0.2) is 4.98 Å². The predicted molar refractivity (Wildman–Crippen MR) is 74.2 cm³/mol. The first-order valence-corrected chi connectivity index (χ1v) is 6.41. The zero-order valence-electron chi connectivity index (χ0n) is 13.8. The van der Waals surface area contributed by atoms with E-state index >= 15 is 0 Å². The van der Waals surface area contributed by atoms with Crippen molar-refractivity contribution in [3.63, 3.8) is 0 Å². The number of methoxy groups -OCH3 is 1. The van der Waals surface area contributed by atoms with Gasteiger partial charge >= 0.3 is 7.12 Å². The predicted octanol–water partition coefficient (Wildman–Crippen LogP) is 2.15. The molecule has 1 saturated heterocycles. The molecular formula is C12H17BBrNO3. The summed E-state index contributed by atoms with van der Waals surface area (Å²) in [7, 11) is -3.16. The molecule has 0 aromatic carbocycles. The van der Waals surface area contributed by atoms with Crippen LogP contribution < -0.4 is 10.2 Å². The maximum absolute atomic E-state index is 7.17. The van der Waals surface area contributed by atoms with Gasteiger partial charge in [0.15, 0.2) is 5.75 Å². The Bertz CT molecular complexity index is 535. The SMILES string of the molecule is [2H]C([2H])([2H])Oc1cc(B2OC(C)(C)C(C)(C)O2)cnc1Br. The van der Waals surface area contributed by atoms with Gasteiger partial charge in [-0.15, -0.1) is 0 Å². The van der Waals surface area contributed by atoms with E-state index in [1.54, 1.807) is 12.3 Å². The summed E-state index contributed by atoms with van der Waals surface area (Å²) in [5, 5.41) is 0. The lowest BCUT2D eigenvalue weighted by Gasteiger charge is -2.32. The van der Waals surface area contributed by atoms with Crippen molar-refractivity contribution in [3.8, 4) is 5.75 Å². The molecule has 0 bridgehead atoms. The number of halogens is 1. The number of hydrogen-bond donors (Lipinski definition) is 0. The summed E-state index contributed by atoms with van der Waals surface area (Å²) in [5.41, 5.74) is -0.345. The molecule has 1 aliphatic heterocycles. The van der Waals surface area contributed by atoms with Crippen LogP contribution in [0.25, 0.3) is 0 Å². The van der Waals surface area contributed by atoms with Crippen molar-refractivity contribution in [2.45, 2.75) is 38.9 Å². The number of aromatic nitrogens is 1. The third-order valence-electron chi connectivity index (χ3n) is 3.46. The molecule has 2 rings (SSSR count). The van der Waals surface area contributed by atoms with Gasteiger partial charge in [-0.2, -0.15) is 0 Å². The summed E-state index contributed by atoms with van der Waals surface area (Å²) in [6.45, 7) is 7.77. The first kappa shape index (κ1) is 10.2.